The van der Waals surface area contributed by atoms with Crippen molar-refractivity contribution >= 4 is 51.6 Å². The Bertz CT molecular complexity index is 1820. The maximum Gasteiger partial charge on any atom is 0.250 e. The van der Waals surface area contributed by atoms with Crippen LogP contribution in [-0.2, 0) is 26.3 Å². The number of rotatable bonds is 3. The van der Waals surface area contributed by atoms with E-state index in [9.17, 15) is 14.4 Å². The Hall–Kier alpha value is -4.34. The first kappa shape index (κ1) is 24.5. The highest BCUT2D eigenvalue weighted by molar-refractivity contribution is 6.31. The maximum atomic E-state index is 14.4. The highest BCUT2D eigenvalue weighted by Crippen LogP contribution is 2.55. The molecule has 5 heterocycles. The number of hydrogen-bond donors (Lipinski definition) is 3. The molecule has 3 aromatic carbocycles. The third-order valence-corrected chi connectivity index (χ3v) is 9.10. The van der Waals surface area contributed by atoms with Crippen molar-refractivity contribution in [1.29, 1.82) is 0 Å². The van der Waals surface area contributed by atoms with Crippen molar-refractivity contribution in [3.8, 4) is 11.5 Å². The molecule has 1 spiro atoms. The van der Waals surface area contributed by atoms with E-state index in [1.807, 2.05) is 37.4 Å². The number of carbonyl (C=O) groups excluding carboxylic acids is 3. The molecule has 4 aliphatic heterocycles. The number of nitrogens with zero attached hydrogens (tertiary/aromatic N) is 1. The number of aryl methyl sites for hydroxylation is 1. The fraction of sp³-hybridized carbons (Fsp3) is 0.258. The van der Waals surface area contributed by atoms with Gasteiger partial charge in [0.25, 0.3) is 0 Å². The number of amides is 3. The number of imide groups is 1. The topological polar surface area (TPSA) is 113 Å². The van der Waals surface area contributed by atoms with Crippen molar-refractivity contribution in [2.75, 3.05) is 23.4 Å². The Morgan fingerprint density at radius 2 is 1.80 bits per heavy atom. The van der Waals surface area contributed by atoms with Crippen molar-refractivity contribution in [1.82, 2.24) is 10.3 Å². The summed E-state index contributed by atoms with van der Waals surface area (Å²) in [6, 6.07) is 16.0. The summed E-state index contributed by atoms with van der Waals surface area (Å²) >= 11 is 6.50. The van der Waals surface area contributed by atoms with Crippen LogP contribution < -0.4 is 25.0 Å². The Morgan fingerprint density at radius 3 is 2.66 bits per heavy atom. The summed E-state index contributed by atoms with van der Waals surface area (Å²) in [7, 11) is 0. The van der Waals surface area contributed by atoms with Gasteiger partial charge in [-0.15, -0.1) is 0 Å². The van der Waals surface area contributed by atoms with E-state index in [1.54, 1.807) is 30.3 Å². The number of hydrogen-bond acceptors (Lipinski definition) is 6. The lowest BCUT2D eigenvalue weighted by Crippen LogP contribution is -2.53. The van der Waals surface area contributed by atoms with Crippen LogP contribution in [-0.4, -0.2) is 42.0 Å². The summed E-state index contributed by atoms with van der Waals surface area (Å²) in [5.74, 6) is -1.89. The second-order valence-electron chi connectivity index (χ2n) is 11.1. The van der Waals surface area contributed by atoms with Crippen LogP contribution in [0.5, 0.6) is 11.5 Å². The predicted octanol–water partition coefficient (Wildman–Crippen LogP) is 4.07. The minimum atomic E-state index is -1.46. The minimum absolute atomic E-state index is 0.356. The smallest absolute Gasteiger partial charge is 0.250 e. The van der Waals surface area contributed by atoms with Gasteiger partial charge in [-0.3, -0.25) is 19.7 Å². The number of carbonyl (C=O) groups is 3. The molecule has 2 saturated heterocycles. The molecule has 1 aromatic heterocycles. The third-order valence-electron chi connectivity index (χ3n) is 8.88. The molecule has 0 radical (unpaired) electrons. The normalized spacial score (nSPS) is 26.1. The molecule has 3 amide bonds. The lowest BCUT2D eigenvalue weighted by atomic mass is 9.76. The highest BCUT2D eigenvalue weighted by Gasteiger charge is 2.70. The molecule has 0 bridgehead atoms. The highest BCUT2D eigenvalue weighted by atomic mass is 35.5. The molecule has 4 atom stereocenters. The van der Waals surface area contributed by atoms with Gasteiger partial charge in [0.1, 0.15) is 18.8 Å². The van der Waals surface area contributed by atoms with E-state index in [0.29, 0.717) is 53.1 Å². The molecule has 0 unspecified atom stereocenters. The van der Waals surface area contributed by atoms with Gasteiger partial charge in [-0.05, 0) is 54.8 Å². The maximum absolute atomic E-state index is 14.4. The second kappa shape index (κ2) is 8.58. The van der Waals surface area contributed by atoms with E-state index < -0.39 is 29.3 Å². The molecule has 41 heavy (non-hydrogen) atoms. The van der Waals surface area contributed by atoms with E-state index in [1.165, 1.54) is 4.90 Å². The van der Waals surface area contributed by atoms with Gasteiger partial charge in [0.15, 0.2) is 11.5 Å². The first-order valence-electron chi connectivity index (χ1n) is 13.6. The van der Waals surface area contributed by atoms with Gasteiger partial charge in [-0.25, -0.2) is 4.90 Å². The van der Waals surface area contributed by atoms with Crippen LogP contribution in [0.25, 0.3) is 10.9 Å². The first-order valence-corrected chi connectivity index (χ1v) is 14.0. The largest absolute Gasteiger partial charge is 0.486 e. The Labute approximate surface area is 239 Å². The molecule has 10 heteroatoms. The van der Waals surface area contributed by atoms with Crippen molar-refractivity contribution in [2.24, 2.45) is 11.8 Å². The van der Waals surface area contributed by atoms with E-state index in [2.05, 4.69) is 15.6 Å². The van der Waals surface area contributed by atoms with Crippen molar-refractivity contribution in [3.05, 3.63) is 82.5 Å². The number of para-hydroxylation sites is 1. The Kier molecular flexibility index (Phi) is 5.12. The zero-order valence-corrected chi connectivity index (χ0v) is 22.7. The van der Waals surface area contributed by atoms with Crippen molar-refractivity contribution < 1.29 is 23.9 Å². The summed E-state index contributed by atoms with van der Waals surface area (Å²) in [5.41, 5.74) is 2.90. The van der Waals surface area contributed by atoms with Crippen LogP contribution in [0.3, 0.4) is 0 Å². The molecule has 0 saturated carbocycles. The molecule has 8 rings (SSSR count). The number of nitrogens with one attached hydrogen (secondary N) is 3. The van der Waals surface area contributed by atoms with Gasteiger partial charge in [0.2, 0.25) is 17.7 Å². The van der Waals surface area contributed by atoms with Gasteiger partial charge in [-0.2, -0.15) is 0 Å². The van der Waals surface area contributed by atoms with Crippen molar-refractivity contribution in [3.63, 3.8) is 0 Å². The van der Waals surface area contributed by atoms with Crippen LogP contribution in [0, 0.1) is 18.8 Å². The molecule has 206 valence electrons. The predicted molar refractivity (Wildman–Crippen MR) is 152 cm³/mol. The zero-order chi connectivity index (χ0) is 28.0. The average molecular weight is 569 g/mol. The molecule has 0 aliphatic carbocycles. The van der Waals surface area contributed by atoms with Gasteiger partial charge >= 0.3 is 0 Å². The van der Waals surface area contributed by atoms with Crippen LogP contribution in [0.2, 0.25) is 5.02 Å². The summed E-state index contributed by atoms with van der Waals surface area (Å²) in [4.78, 5) is 47.1. The first-order chi connectivity index (χ1) is 19.9. The quantitative estimate of drug-likeness (QED) is 0.321. The number of benzene rings is 3. The summed E-state index contributed by atoms with van der Waals surface area (Å²) in [6.07, 6.45) is 2.36. The Morgan fingerprint density at radius 1 is 1.00 bits per heavy atom. The lowest BCUT2D eigenvalue weighted by Gasteiger charge is -2.30. The van der Waals surface area contributed by atoms with E-state index in [4.69, 9.17) is 21.1 Å². The van der Waals surface area contributed by atoms with E-state index >= 15 is 0 Å². The number of aromatic amines is 1. The number of halogens is 1. The number of ether oxygens (including phenoxy) is 2. The van der Waals surface area contributed by atoms with Crippen LogP contribution in [0.15, 0.2) is 60.8 Å². The summed E-state index contributed by atoms with van der Waals surface area (Å²) < 4.78 is 11.4. The third kappa shape index (κ3) is 3.30. The number of H-pyrrole nitrogens is 1. The zero-order valence-electron chi connectivity index (χ0n) is 22.0. The fourth-order valence-corrected chi connectivity index (χ4v) is 7.44. The van der Waals surface area contributed by atoms with Crippen LogP contribution >= 0.6 is 11.6 Å². The SMILES string of the molecule is Cc1cc(Cl)cc2c1NC(=O)[C@@]21N[C@@H](Cc2c[nH]c3ccccc23)[C@H]2C(=O)N(c3ccc4c(c3)OCCO4)C(=O)[C@@H]21. The molecule has 2 fully saturated rings. The van der Waals surface area contributed by atoms with Gasteiger partial charge in [-0.1, -0.05) is 29.8 Å². The standard InChI is InChI=1S/C31H25ClN4O5/c1-15-10-17(32)12-20-27(15)34-30(39)31(20)26-25(22(35-31)11-16-14-33-21-5-3-2-4-19(16)21)28(37)36(29(26)38)18-6-7-23-24(13-18)41-9-8-40-23/h2-7,10,12-14,22,25-26,33,35H,8-9,11H2,1H3,(H,34,39)/t22-,25+,26+,31+/m0/s1. The van der Waals surface area contributed by atoms with E-state index in [-0.39, 0.29) is 11.8 Å². The van der Waals surface area contributed by atoms with Crippen LogP contribution in [0.4, 0.5) is 11.4 Å². The summed E-state index contributed by atoms with van der Waals surface area (Å²) in [5, 5.41) is 8.00. The Balaban J connectivity index is 1.28. The molecule has 9 nitrogen and oxygen atoms in total. The fourth-order valence-electron chi connectivity index (χ4n) is 7.17. The number of anilines is 2. The van der Waals surface area contributed by atoms with Gasteiger partial charge in [0, 0.05) is 45.5 Å². The van der Waals surface area contributed by atoms with E-state index in [0.717, 1.165) is 22.0 Å². The average Bonchev–Trinajstić information content (AvgIpc) is 3.68. The second-order valence-corrected chi connectivity index (χ2v) is 11.5. The summed E-state index contributed by atoms with van der Waals surface area (Å²) in [6.45, 7) is 2.67. The number of fused-ring (bicyclic) bond motifs is 6. The molecule has 3 N–H and O–H groups in total. The van der Waals surface area contributed by atoms with Crippen LogP contribution in [0.1, 0.15) is 16.7 Å². The van der Waals surface area contributed by atoms with Gasteiger partial charge < -0.3 is 19.8 Å². The molecule has 4 aromatic rings. The van der Waals surface area contributed by atoms with Crippen molar-refractivity contribution in [2.45, 2.75) is 24.9 Å². The molecular weight excluding hydrogens is 544 g/mol. The molecule has 4 aliphatic rings. The van der Waals surface area contributed by atoms with Gasteiger partial charge in [0.05, 0.1) is 17.5 Å². The number of aromatic nitrogens is 1. The monoisotopic (exact) mass is 568 g/mol. The minimum Gasteiger partial charge on any atom is -0.486 e. The molecular formula is C31H25ClN4O5. The lowest BCUT2D eigenvalue weighted by molar-refractivity contribution is -0.130.